The first-order valence-electron chi connectivity index (χ1n) is 4.61. The Hall–Kier alpha value is -0.650. The summed E-state index contributed by atoms with van der Waals surface area (Å²) in [7, 11) is 0. The number of hydrogen-bond acceptors (Lipinski definition) is 4. The Kier molecular flexibility index (Phi) is 2.23. The molecule has 0 aromatic carbocycles. The highest BCUT2D eigenvalue weighted by Crippen LogP contribution is 2.26. The Balaban J connectivity index is 2.01. The van der Waals surface area contributed by atoms with Crippen LogP contribution in [0.5, 0.6) is 0 Å². The Morgan fingerprint density at radius 2 is 2.15 bits per heavy atom. The molecule has 0 aliphatic carbocycles. The Morgan fingerprint density at radius 1 is 1.46 bits per heavy atom. The monoisotopic (exact) mass is 185 g/mol. The molecule has 1 amide bonds. The molecular weight excluding hydrogens is 170 g/mol. The van der Waals surface area contributed by atoms with Gasteiger partial charge in [0.15, 0.2) is 0 Å². The lowest BCUT2D eigenvalue weighted by molar-refractivity contribution is -0.119. The summed E-state index contributed by atoms with van der Waals surface area (Å²) in [6.45, 7) is 4.16. The first-order chi connectivity index (χ1) is 6.21. The van der Waals surface area contributed by atoms with Crippen molar-refractivity contribution < 1.29 is 9.53 Å². The molecule has 0 spiro atoms. The zero-order valence-electron chi connectivity index (χ0n) is 7.80. The molecule has 5 nitrogen and oxygen atoms in total. The number of amides is 1. The number of carbonyl (C=O) groups excluding carboxylic acids is 1. The first kappa shape index (κ1) is 8.93. The smallest absolute Gasteiger partial charge is 0.250 e. The average Bonchev–Trinajstić information content (AvgIpc) is 2.54. The second-order valence-electron chi connectivity index (χ2n) is 3.86. The van der Waals surface area contributed by atoms with Gasteiger partial charge in [0.25, 0.3) is 5.91 Å². The molecule has 5 heteroatoms. The third kappa shape index (κ3) is 1.67. The highest BCUT2D eigenvalue weighted by atomic mass is 16.5. The third-order valence-corrected chi connectivity index (χ3v) is 2.85. The van der Waals surface area contributed by atoms with Gasteiger partial charge in [0, 0.05) is 18.8 Å². The molecule has 0 atom stereocenters. The van der Waals surface area contributed by atoms with E-state index in [9.17, 15) is 4.79 Å². The molecule has 2 fully saturated rings. The third-order valence-electron chi connectivity index (χ3n) is 2.85. The SMILES string of the molecule is CC1(N2CC(=O)NN2)CCOCC1. The van der Waals surface area contributed by atoms with Crippen LogP contribution in [0.1, 0.15) is 19.8 Å². The molecule has 2 rings (SSSR count). The Morgan fingerprint density at radius 3 is 2.69 bits per heavy atom. The maximum atomic E-state index is 11.0. The summed E-state index contributed by atoms with van der Waals surface area (Å²) in [6, 6.07) is 0. The average molecular weight is 185 g/mol. The highest BCUT2D eigenvalue weighted by Gasteiger charge is 2.37. The Labute approximate surface area is 77.4 Å². The van der Waals surface area contributed by atoms with Crippen molar-refractivity contribution in [3.05, 3.63) is 0 Å². The van der Waals surface area contributed by atoms with Gasteiger partial charge < -0.3 is 4.74 Å². The van der Waals surface area contributed by atoms with Gasteiger partial charge in [-0.2, -0.15) is 5.53 Å². The Bertz CT molecular complexity index is 213. The zero-order chi connectivity index (χ0) is 9.31. The van der Waals surface area contributed by atoms with E-state index < -0.39 is 0 Å². The van der Waals surface area contributed by atoms with E-state index in [4.69, 9.17) is 4.74 Å². The van der Waals surface area contributed by atoms with Crippen LogP contribution in [0.3, 0.4) is 0 Å². The summed E-state index contributed by atoms with van der Waals surface area (Å²) in [4.78, 5) is 11.0. The molecule has 0 bridgehead atoms. The zero-order valence-corrected chi connectivity index (χ0v) is 7.80. The quantitative estimate of drug-likeness (QED) is 0.573. The van der Waals surface area contributed by atoms with Crippen molar-refractivity contribution in [2.45, 2.75) is 25.3 Å². The second-order valence-corrected chi connectivity index (χ2v) is 3.86. The molecule has 13 heavy (non-hydrogen) atoms. The maximum Gasteiger partial charge on any atom is 0.250 e. The van der Waals surface area contributed by atoms with E-state index in [0.717, 1.165) is 26.1 Å². The molecule has 0 radical (unpaired) electrons. The number of carbonyl (C=O) groups is 1. The summed E-state index contributed by atoms with van der Waals surface area (Å²) in [5, 5.41) is 1.97. The molecule has 2 aliphatic rings. The molecule has 2 saturated heterocycles. The van der Waals surface area contributed by atoms with E-state index in [2.05, 4.69) is 17.9 Å². The van der Waals surface area contributed by atoms with Gasteiger partial charge in [-0.05, 0) is 19.8 Å². The molecule has 0 aromatic rings. The summed E-state index contributed by atoms with van der Waals surface area (Å²) < 4.78 is 5.29. The van der Waals surface area contributed by atoms with Gasteiger partial charge in [0.05, 0.1) is 6.54 Å². The number of nitrogens with one attached hydrogen (secondary N) is 2. The summed E-state index contributed by atoms with van der Waals surface area (Å²) >= 11 is 0. The predicted octanol–water partition coefficient (Wildman–Crippen LogP) is -0.593. The topological polar surface area (TPSA) is 53.6 Å². The van der Waals surface area contributed by atoms with Gasteiger partial charge in [-0.1, -0.05) is 0 Å². The van der Waals surface area contributed by atoms with Crippen LogP contribution < -0.4 is 11.0 Å². The van der Waals surface area contributed by atoms with Crippen LogP contribution in [0.25, 0.3) is 0 Å². The van der Waals surface area contributed by atoms with Crippen molar-refractivity contribution in [3.63, 3.8) is 0 Å². The molecular formula is C8H15N3O2. The number of rotatable bonds is 1. The van der Waals surface area contributed by atoms with Crippen molar-refractivity contribution >= 4 is 5.91 Å². The van der Waals surface area contributed by atoms with Crippen molar-refractivity contribution in [1.82, 2.24) is 16.0 Å². The maximum absolute atomic E-state index is 11.0. The molecule has 0 saturated carbocycles. The minimum Gasteiger partial charge on any atom is -0.381 e. The van der Waals surface area contributed by atoms with Crippen LogP contribution in [-0.2, 0) is 9.53 Å². The lowest BCUT2D eigenvalue weighted by Crippen LogP contribution is -2.54. The minimum atomic E-state index is 0.0349. The van der Waals surface area contributed by atoms with Crippen LogP contribution in [0.4, 0.5) is 0 Å². The molecule has 2 aliphatic heterocycles. The van der Waals surface area contributed by atoms with Gasteiger partial charge in [-0.3, -0.25) is 10.2 Å². The van der Waals surface area contributed by atoms with E-state index in [1.807, 2.05) is 5.01 Å². The normalized spacial score (nSPS) is 28.8. The number of hydrazine groups is 2. The fourth-order valence-corrected chi connectivity index (χ4v) is 1.76. The lowest BCUT2D eigenvalue weighted by atomic mass is 9.92. The summed E-state index contributed by atoms with van der Waals surface area (Å²) in [5.74, 6) is 0.0349. The number of nitrogens with zero attached hydrogens (tertiary/aromatic N) is 1. The van der Waals surface area contributed by atoms with Gasteiger partial charge in [0.2, 0.25) is 0 Å². The fourth-order valence-electron chi connectivity index (χ4n) is 1.76. The van der Waals surface area contributed by atoms with Crippen molar-refractivity contribution in [3.8, 4) is 0 Å². The van der Waals surface area contributed by atoms with Gasteiger partial charge in [0.1, 0.15) is 0 Å². The standard InChI is InChI=1S/C8H15N3O2/c1-8(2-4-13-5-3-8)11-6-7(12)9-10-11/h10H,2-6H2,1H3,(H,9,12). The molecule has 74 valence electrons. The second kappa shape index (κ2) is 3.25. The van der Waals surface area contributed by atoms with E-state index in [1.54, 1.807) is 0 Å². The number of hydrogen-bond donors (Lipinski definition) is 2. The van der Waals surface area contributed by atoms with E-state index >= 15 is 0 Å². The van der Waals surface area contributed by atoms with Crippen LogP contribution in [0.15, 0.2) is 0 Å². The van der Waals surface area contributed by atoms with Crippen molar-refractivity contribution in [1.29, 1.82) is 0 Å². The van der Waals surface area contributed by atoms with E-state index in [-0.39, 0.29) is 11.4 Å². The van der Waals surface area contributed by atoms with Crippen LogP contribution in [0, 0.1) is 0 Å². The van der Waals surface area contributed by atoms with Gasteiger partial charge >= 0.3 is 0 Å². The van der Waals surface area contributed by atoms with Gasteiger partial charge in [-0.15, -0.1) is 0 Å². The molecule has 0 aromatic heterocycles. The van der Waals surface area contributed by atoms with Crippen LogP contribution >= 0.6 is 0 Å². The minimum absolute atomic E-state index is 0.0349. The summed E-state index contributed by atoms with van der Waals surface area (Å²) in [6.07, 6.45) is 1.93. The summed E-state index contributed by atoms with van der Waals surface area (Å²) in [5.41, 5.74) is 5.54. The fraction of sp³-hybridized carbons (Fsp3) is 0.875. The molecule has 2 heterocycles. The van der Waals surface area contributed by atoms with E-state index in [0.29, 0.717) is 6.54 Å². The van der Waals surface area contributed by atoms with Crippen molar-refractivity contribution in [2.24, 2.45) is 0 Å². The highest BCUT2D eigenvalue weighted by molar-refractivity contribution is 5.79. The molecule has 0 unspecified atom stereocenters. The van der Waals surface area contributed by atoms with E-state index in [1.165, 1.54) is 0 Å². The van der Waals surface area contributed by atoms with Crippen molar-refractivity contribution in [2.75, 3.05) is 19.8 Å². The lowest BCUT2D eigenvalue weighted by Gasteiger charge is -2.39. The predicted molar refractivity (Wildman–Crippen MR) is 46.4 cm³/mol. The number of ether oxygens (including phenoxy) is 1. The van der Waals surface area contributed by atoms with Gasteiger partial charge in [-0.25, -0.2) is 5.01 Å². The van der Waals surface area contributed by atoms with Crippen LogP contribution in [-0.4, -0.2) is 36.2 Å². The first-order valence-corrected chi connectivity index (χ1v) is 4.61. The largest absolute Gasteiger partial charge is 0.381 e. The van der Waals surface area contributed by atoms with Crippen LogP contribution in [0.2, 0.25) is 0 Å². The molecule has 2 N–H and O–H groups in total.